The average Bonchev–Trinajstić information content (AvgIpc) is 2.02. The Labute approximate surface area is 89.4 Å². The first-order chi connectivity index (χ1) is 6.35. The quantitative estimate of drug-likeness (QED) is 0.820. The Bertz CT molecular complexity index is 445. The molecule has 0 aliphatic carbocycles. The Morgan fingerprint density at radius 2 is 1.79 bits per heavy atom. The summed E-state index contributed by atoms with van der Waals surface area (Å²) < 4.78 is 46.2. The monoisotopic (exact) mass is 260 g/mol. The van der Waals surface area contributed by atoms with Crippen LogP contribution in [0.2, 0.25) is 10.0 Å². The van der Waals surface area contributed by atoms with Crippen LogP contribution >= 0.6 is 23.2 Å². The van der Waals surface area contributed by atoms with Gasteiger partial charge in [0.25, 0.3) is 0 Å². The second-order valence-electron chi connectivity index (χ2n) is 2.38. The van der Waals surface area contributed by atoms with E-state index in [2.05, 4.69) is 0 Å². The summed E-state index contributed by atoms with van der Waals surface area (Å²) in [6, 6.07) is 3.23. The highest BCUT2D eigenvalue weighted by molar-refractivity contribution is 7.91. The molecule has 7 heteroatoms. The maximum absolute atomic E-state index is 12.1. The number of hydrogen-bond donors (Lipinski definition) is 0. The lowest BCUT2D eigenvalue weighted by Crippen LogP contribution is -2.11. The van der Waals surface area contributed by atoms with E-state index in [1.54, 1.807) is 0 Å². The molecule has 14 heavy (non-hydrogen) atoms. The number of halogens is 4. The molecule has 0 heterocycles. The van der Waals surface area contributed by atoms with Crippen molar-refractivity contribution >= 4 is 33.0 Å². The summed E-state index contributed by atoms with van der Waals surface area (Å²) in [4.78, 5) is -0.612. The van der Waals surface area contributed by atoms with E-state index in [0.717, 1.165) is 12.1 Å². The van der Waals surface area contributed by atoms with Gasteiger partial charge in [-0.15, -0.1) is 0 Å². The number of rotatable bonds is 2. The van der Waals surface area contributed by atoms with E-state index < -0.39 is 20.5 Å². The van der Waals surface area contributed by atoms with Crippen LogP contribution in [0.25, 0.3) is 0 Å². The lowest BCUT2D eigenvalue weighted by Gasteiger charge is -2.04. The Morgan fingerprint density at radius 1 is 1.21 bits per heavy atom. The van der Waals surface area contributed by atoms with Gasteiger partial charge in [-0.25, -0.2) is 8.42 Å². The number of sulfone groups is 1. The molecule has 0 radical (unpaired) electrons. The van der Waals surface area contributed by atoms with Crippen molar-refractivity contribution in [3.05, 3.63) is 28.2 Å². The van der Waals surface area contributed by atoms with Gasteiger partial charge in [-0.3, -0.25) is 0 Å². The van der Waals surface area contributed by atoms with Crippen LogP contribution in [-0.4, -0.2) is 14.2 Å². The second kappa shape index (κ2) is 4.00. The zero-order valence-electron chi connectivity index (χ0n) is 6.55. The van der Waals surface area contributed by atoms with Crippen LogP contribution in [0, 0.1) is 0 Å². The first kappa shape index (κ1) is 11.7. The van der Waals surface area contributed by atoms with Gasteiger partial charge in [0.05, 0.1) is 9.92 Å². The summed E-state index contributed by atoms with van der Waals surface area (Å²) in [7, 11) is -4.65. The fourth-order valence-electron chi connectivity index (χ4n) is 0.802. The molecule has 0 fully saturated rings. The molecule has 78 valence electrons. The third-order valence-corrected chi connectivity index (χ3v) is 3.53. The summed E-state index contributed by atoms with van der Waals surface area (Å²) in [5.41, 5.74) is 0. The van der Waals surface area contributed by atoms with Crippen LogP contribution < -0.4 is 0 Å². The fraction of sp³-hybridized carbons (Fsp3) is 0.143. The van der Waals surface area contributed by atoms with Crippen LogP contribution in [0.5, 0.6) is 0 Å². The molecule has 1 rings (SSSR count). The highest BCUT2D eigenvalue weighted by atomic mass is 35.5. The van der Waals surface area contributed by atoms with Crippen LogP contribution in [0.3, 0.4) is 0 Å². The highest BCUT2D eigenvalue weighted by Gasteiger charge is 2.28. The minimum atomic E-state index is -4.65. The molecule has 0 spiro atoms. The molecule has 0 saturated heterocycles. The molecular weight excluding hydrogens is 257 g/mol. The molecule has 1 aromatic rings. The molecule has 0 aliphatic heterocycles. The van der Waals surface area contributed by atoms with Gasteiger partial charge in [0, 0.05) is 5.02 Å². The van der Waals surface area contributed by atoms with E-state index in [1.165, 1.54) is 6.07 Å². The fourth-order valence-corrected chi connectivity index (χ4v) is 2.31. The van der Waals surface area contributed by atoms with Crippen LogP contribution in [0.4, 0.5) is 8.78 Å². The summed E-state index contributed by atoms with van der Waals surface area (Å²) in [5.74, 6) is -3.49. The SMILES string of the molecule is O=S(=O)(c1ccc(Cl)cc1Cl)C(F)F. The van der Waals surface area contributed by atoms with E-state index in [4.69, 9.17) is 23.2 Å². The van der Waals surface area contributed by atoms with Crippen molar-refractivity contribution in [2.45, 2.75) is 10.7 Å². The number of benzene rings is 1. The third-order valence-electron chi connectivity index (χ3n) is 1.44. The van der Waals surface area contributed by atoms with Gasteiger partial charge in [-0.05, 0) is 18.2 Å². The highest BCUT2D eigenvalue weighted by Crippen LogP contribution is 2.28. The van der Waals surface area contributed by atoms with E-state index in [9.17, 15) is 17.2 Å². The molecule has 0 unspecified atom stereocenters. The molecule has 0 aromatic heterocycles. The van der Waals surface area contributed by atoms with Gasteiger partial charge in [0.2, 0.25) is 9.84 Å². The lowest BCUT2D eigenvalue weighted by molar-refractivity contribution is 0.235. The summed E-state index contributed by atoms with van der Waals surface area (Å²) in [6.07, 6.45) is 0. The average molecular weight is 261 g/mol. The molecule has 0 aliphatic rings. The Kier molecular flexibility index (Phi) is 3.34. The van der Waals surface area contributed by atoms with Crippen molar-refractivity contribution in [1.82, 2.24) is 0 Å². The first-order valence-corrected chi connectivity index (χ1v) is 5.63. The minimum absolute atomic E-state index is 0.184. The molecule has 0 amide bonds. The Hall–Kier alpha value is -0.390. The minimum Gasteiger partial charge on any atom is -0.218 e. The Morgan fingerprint density at radius 3 is 2.21 bits per heavy atom. The van der Waals surface area contributed by atoms with Gasteiger partial charge in [0.1, 0.15) is 0 Å². The maximum Gasteiger partial charge on any atom is 0.341 e. The molecule has 2 nitrogen and oxygen atoms in total. The smallest absolute Gasteiger partial charge is 0.218 e. The largest absolute Gasteiger partial charge is 0.341 e. The molecule has 0 bridgehead atoms. The van der Waals surface area contributed by atoms with E-state index >= 15 is 0 Å². The summed E-state index contributed by atoms with van der Waals surface area (Å²) >= 11 is 10.9. The van der Waals surface area contributed by atoms with Gasteiger partial charge in [-0.1, -0.05) is 23.2 Å². The van der Waals surface area contributed by atoms with Crippen LogP contribution in [0.1, 0.15) is 0 Å². The predicted molar refractivity (Wildman–Crippen MR) is 49.7 cm³/mol. The summed E-state index contributed by atoms with van der Waals surface area (Å²) in [5, 5.41) is -0.124. The topological polar surface area (TPSA) is 34.1 Å². The number of alkyl halides is 2. The van der Waals surface area contributed by atoms with Crippen molar-refractivity contribution in [2.75, 3.05) is 0 Å². The standard InChI is InChI=1S/C7H4Cl2F2O2S/c8-4-1-2-6(5(9)3-4)14(12,13)7(10)11/h1-3,7H. The van der Waals surface area contributed by atoms with E-state index in [-0.39, 0.29) is 10.0 Å². The van der Waals surface area contributed by atoms with Crippen LogP contribution in [-0.2, 0) is 9.84 Å². The molecule has 1 aromatic carbocycles. The van der Waals surface area contributed by atoms with Gasteiger partial charge >= 0.3 is 5.76 Å². The van der Waals surface area contributed by atoms with Crippen molar-refractivity contribution in [3.63, 3.8) is 0 Å². The van der Waals surface area contributed by atoms with Gasteiger partial charge < -0.3 is 0 Å². The molecule has 0 saturated carbocycles. The van der Waals surface area contributed by atoms with Crippen molar-refractivity contribution in [1.29, 1.82) is 0 Å². The number of hydrogen-bond acceptors (Lipinski definition) is 2. The Balaban J connectivity index is 3.35. The summed E-state index contributed by atoms with van der Waals surface area (Å²) in [6.45, 7) is 0. The molecule has 0 atom stereocenters. The van der Waals surface area contributed by atoms with Crippen molar-refractivity contribution in [2.24, 2.45) is 0 Å². The normalized spacial score (nSPS) is 12.1. The molecular formula is C7H4Cl2F2O2S. The van der Waals surface area contributed by atoms with Crippen molar-refractivity contribution in [3.8, 4) is 0 Å². The van der Waals surface area contributed by atoms with Crippen molar-refractivity contribution < 1.29 is 17.2 Å². The molecule has 0 N–H and O–H groups in total. The van der Waals surface area contributed by atoms with E-state index in [0.29, 0.717) is 0 Å². The van der Waals surface area contributed by atoms with Crippen LogP contribution in [0.15, 0.2) is 23.1 Å². The van der Waals surface area contributed by atoms with Gasteiger partial charge in [0.15, 0.2) is 0 Å². The lowest BCUT2D eigenvalue weighted by atomic mass is 10.4. The first-order valence-electron chi connectivity index (χ1n) is 3.33. The van der Waals surface area contributed by atoms with E-state index in [1.807, 2.05) is 0 Å². The zero-order chi connectivity index (χ0) is 10.9. The second-order valence-corrected chi connectivity index (χ2v) is 5.11. The maximum atomic E-state index is 12.1. The zero-order valence-corrected chi connectivity index (χ0v) is 8.87. The van der Waals surface area contributed by atoms with Gasteiger partial charge in [-0.2, -0.15) is 8.78 Å². The predicted octanol–water partition coefficient (Wildman–Crippen LogP) is 2.99. The third kappa shape index (κ3) is 2.16.